The predicted molar refractivity (Wildman–Crippen MR) is 84.9 cm³/mol. The van der Waals surface area contributed by atoms with Gasteiger partial charge in [0.15, 0.2) is 0 Å². The molecule has 0 aliphatic carbocycles. The third kappa shape index (κ3) is 2.21. The van der Waals surface area contributed by atoms with E-state index in [1.807, 2.05) is 48.2 Å². The molecule has 3 aromatic rings. The highest BCUT2D eigenvalue weighted by molar-refractivity contribution is 7.17. The van der Waals surface area contributed by atoms with E-state index in [0.717, 1.165) is 21.5 Å². The summed E-state index contributed by atoms with van der Waals surface area (Å²) in [6, 6.07) is 9.36. The topological polar surface area (TPSA) is 34.0 Å². The number of rotatable bonds is 2. The Morgan fingerprint density at radius 2 is 2.10 bits per heavy atom. The average Bonchev–Trinajstić information content (AvgIpc) is 2.96. The summed E-state index contributed by atoms with van der Waals surface area (Å²) in [4.78, 5) is 12.4. The van der Waals surface area contributed by atoms with E-state index < -0.39 is 0 Å². The minimum absolute atomic E-state index is 0.110. The van der Waals surface area contributed by atoms with Crippen molar-refractivity contribution in [2.24, 2.45) is 7.05 Å². The number of carbonyl (C=O) groups is 1. The van der Waals surface area contributed by atoms with Crippen LogP contribution in [0, 0.1) is 6.92 Å². The Morgan fingerprint density at radius 3 is 2.80 bits per heavy atom. The summed E-state index contributed by atoms with van der Waals surface area (Å²) in [5, 5.41) is 5.62. The Bertz CT molecular complexity index is 803. The molecule has 1 amide bonds. The van der Waals surface area contributed by atoms with Crippen molar-refractivity contribution in [3.05, 3.63) is 52.0 Å². The molecule has 0 spiro atoms. The van der Waals surface area contributed by atoms with E-state index in [-0.39, 0.29) is 5.91 Å². The Morgan fingerprint density at radius 1 is 1.30 bits per heavy atom. The monoisotopic (exact) mass is 304 g/mol. The fourth-order valence-corrected chi connectivity index (χ4v) is 3.30. The molecule has 3 rings (SSSR count). The van der Waals surface area contributed by atoms with Crippen molar-refractivity contribution in [2.75, 3.05) is 5.32 Å². The van der Waals surface area contributed by atoms with Gasteiger partial charge < -0.3 is 9.88 Å². The van der Waals surface area contributed by atoms with Gasteiger partial charge in [-0.25, -0.2) is 0 Å². The molecule has 2 aromatic heterocycles. The zero-order valence-corrected chi connectivity index (χ0v) is 12.7. The maximum Gasteiger partial charge on any atom is 0.272 e. The average molecular weight is 305 g/mol. The zero-order chi connectivity index (χ0) is 14.3. The number of hydrogen-bond acceptors (Lipinski definition) is 2. The Labute approximate surface area is 125 Å². The van der Waals surface area contributed by atoms with Crippen LogP contribution in [0.2, 0.25) is 5.02 Å². The first kappa shape index (κ1) is 13.2. The molecule has 0 unspecified atom stereocenters. The molecule has 2 heterocycles. The van der Waals surface area contributed by atoms with Crippen molar-refractivity contribution < 1.29 is 4.79 Å². The summed E-state index contributed by atoms with van der Waals surface area (Å²) in [5.41, 5.74) is 3.46. The highest BCUT2D eigenvalue weighted by Crippen LogP contribution is 2.25. The fraction of sp³-hybridized carbons (Fsp3) is 0.133. The third-order valence-electron chi connectivity index (χ3n) is 3.33. The molecule has 3 nitrogen and oxygen atoms in total. The molecule has 0 fully saturated rings. The van der Waals surface area contributed by atoms with Gasteiger partial charge in [-0.2, -0.15) is 0 Å². The molecule has 1 N–H and O–H groups in total. The molecule has 0 radical (unpaired) electrons. The second kappa shape index (κ2) is 4.96. The molecule has 0 aliphatic rings. The number of nitrogens with one attached hydrogen (secondary N) is 1. The maximum absolute atomic E-state index is 12.4. The van der Waals surface area contributed by atoms with Crippen LogP contribution >= 0.6 is 22.9 Å². The normalized spacial score (nSPS) is 10.9. The van der Waals surface area contributed by atoms with Crippen LogP contribution in [0.15, 0.2) is 35.7 Å². The largest absolute Gasteiger partial charge is 0.339 e. The number of fused-ring (bicyclic) bond motifs is 1. The molecule has 0 bridgehead atoms. The highest BCUT2D eigenvalue weighted by atomic mass is 35.5. The number of amides is 1. The molecule has 0 saturated carbocycles. The van der Waals surface area contributed by atoms with Gasteiger partial charge in [0.2, 0.25) is 0 Å². The minimum atomic E-state index is -0.110. The van der Waals surface area contributed by atoms with Crippen LogP contribution < -0.4 is 5.32 Å². The molecular formula is C15H13ClN2OS. The van der Waals surface area contributed by atoms with Gasteiger partial charge in [0, 0.05) is 17.8 Å². The van der Waals surface area contributed by atoms with Crippen molar-refractivity contribution >= 4 is 44.7 Å². The van der Waals surface area contributed by atoms with Gasteiger partial charge in [-0.15, -0.1) is 11.3 Å². The first-order valence-electron chi connectivity index (χ1n) is 6.16. The maximum atomic E-state index is 12.4. The van der Waals surface area contributed by atoms with Crippen molar-refractivity contribution in [3.8, 4) is 0 Å². The van der Waals surface area contributed by atoms with Crippen molar-refractivity contribution in [1.29, 1.82) is 0 Å². The van der Waals surface area contributed by atoms with Crippen molar-refractivity contribution in [3.63, 3.8) is 0 Å². The van der Waals surface area contributed by atoms with Crippen LogP contribution in [-0.2, 0) is 7.05 Å². The third-order valence-corrected chi connectivity index (χ3v) is 4.42. The molecule has 102 valence electrons. The Balaban J connectivity index is 1.92. The molecule has 1 aromatic carbocycles. The second-order valence-electron chi connectivity index (χ2n) is 4.67. The van der Waals surface area contributed by atoms with E-state index in [0.29, 0.717) is 10.7 Å². The van der Waals surface area contributed by atoms with Gasteiger partial charge in [0.1, 0.15) is 5.69 Å². The number of halogens is 1. The summed E-state index contributed by atoms with van der Waals surface area (Å²) in [5.74, 6) is -0.110. The van der Waals surface area contributed by atoms with Gasteiger partial charge >= 0.3 is 0 Å². The molecule has 0 saturated heterocycles. The number of hydrogen-bond donors (Lipinski definition) is 1. The molecule has 0 aliphatic heterocycles. The van der Waals surface area contributed by atoms with E-state index >= 15 is 0 Å². The van der Waals surface area contributed by atoms with Gasteiger partial charge in [-0.1, -0.05) is 11.6 Å². The number of benzene rings is 1. The van der Waals surface area contributed by atoms with Crippen LogP contribution in [0.4, 0.5) is 5.69 Å². The number of anilines is 1. The standard InChI is InChI=1S/C15H13ClN2OS/c1-9-7-10(16)3-4-11(9)17-15(19)13-8-14-12(18(13)2)5-6-20-14/h3-8H,1-2H3,(H,17,19). The molecule has 20 heavy (non-hydrogen) atoms. The summed E-state index contributed by atoms with van der Waals surface area (Å²) in [7, 11) is 1.90. The minimum Gasteiger partial charge on any atom is -0.339 e. The second-order valence-corrected chi connectivity index (χ2v) is 6.06. The number of aromatic nitrogens is 1. The molecule has 5 heteroatoms. The van der Waals surface area contributed by atoms with Crippen molar-refractivity contribution in [2.45, 2.75) is 6.92 Å². The van der Waals surface area contributed by atoms with Gasteiger partial charge in [-0.05, 0) is 48.2 Å². The van der Waals surface area contributed by atoms with Crippen LogP contribution in [0.25, 0.3) is 10.2 Å². The Hall–Kier alpha value is -1.78. The zero-order valence-electron chi connectivity index (χ0n) is 11.1. The van der Waals surface area contributed by atoms with Gasteiger partial charge in [0.25, 0.3) is 5.91 Å². The van der Waals surface area contributed by atoms with E-state index in [9.17, 15) is 4.79 Å². The smallest absolute Gasteiger partial charge is 0.272 e. The fourth-order valence-electron chi connectivity index (χ4n) is 2.22. The summed E-state index contributed by atoms with van der Waals surface area (Å²) >= 11 is 7.55. The highest BCUT2D eigenvalue weighted by Gasteiger charge is 2.14. The number of nitrogens with zero attached hydrogens (tertiary/aromatic N) is 1. The quantitative estimate of drug-likeness (QED) is 0.745. The predicted octanol–water partition coefficient (Wildman–Crippen LogP) is 4.45. The van der Waals surface area contributed by atoms with Crippen LogP contribution in [-0.4, -0.2) is 10.5 Å². The lowest BCUT2D eigenvalue weighted by molar-refractivity contribution is 0.101. The first-order chi connectivity index (χ1) is 9.56. The first-order valence-corrected chi connectivity index (χ1v) is 7.42. The van der Waals surface area contributed by atoms with Crippen LogP contribution in [0.1, 0.15) is 16.1 Å². The lowest BCUT2D eigenvalue weighted by atomic mass is 10.2. The number of thiophene rings is 1. The van der Waals surface area contributed by atoms with Crippen LogP contribution in [0.5, 0.6) is 0 Å². The van der Waals surface area contributed by atoms with E-state index in [4.69, 9.17) is 11.6 Å². The summed E-state index contributed by atoms with van der Waals surface area (Å²) in [6.45, 7) is 1.92. The van der Waals surface area contributed by atoms with Crippen LogP contribution in [0.3, 0.4) is 0 Å². The van der Waals surface area contributed by atoms with E-state index in [1.165, 1.54) is 0 Å². The number of aryl methyl sites for hydroxylation is 2. The van der Waals surface area contributed by atoms with Gasteiger partial charge in [0.05, 0.1) is 10.2 Å². The summed E-state index contributed by atoms with van der Waals surface area (Å²) < 4.78 is 3.03. The Kier molecular flexibility index (Phi) is 3.28. The number of carbonyl (C=O) groups excluding carboxylic acids is 1. The van der Waals surface area contributed by atoms with Gasteiger partial charge in [-0.3, -0.25) is 4.79 Å². The van der Waals surface area contributed by atoms with Crippen molar-refractivity contribution in [1.82, 2.24) is 4.57 Å². The molecule has 0 atom stereocenters. The van der Waals surface area contributed by atoms with E-state index in [2.05, 4.69) is 5.32 Å². The lowest BCUT2D eigenvalue weighted by Gasteiger charge is -2.09. The lowest BCUT2D eigenvalue weighted by Crippen LogP contribution is -2.16. The summed E-state index contributed by atoms with van der Waals surface area (Å²) in [6.07, 6.45) is 0. The molecular weight excluding hydrogens is 292 g/mol. The van der Waals surface area contributed by atoms with E-state index in [1.54, 1.807) is 17.4 Å². The SMILES string of the molecule is Cc1cc(Cl)ccc1NC(=O)c1cc2sccc2n1C.